The van der Waals surface area contributed by atoms with E-state index in [2.05, 4.69) is 34.1 Å². The highest BCUT2D eigenvalue weighted by Crippen LogP contribution is 2.25. The van der Waals surface area contributed by atoms with Crippen molar-refractivity contribution in [3.8, 4) is 0 Å². The first kappa shape index (κ1) is 20.5. The smallest absolute Gasteiger partial charge is 0.276 e. The van der Waals surface area contributed by atoms with E-state index in [0.717, 1.165) is 24.2 Å². The number of carbonyl (C=O) groups is 1. The summed E-state index contributed by atoms with van der Waals surface area (Å²) in [5, 5.41) is 9.51. The van der Waals surface area contributed by atoms with Crippen molar-refractivity contribution in [1.29, 1.82) is 0 Å². The molecule has 1 heterocycles. The zero-order valence-corrected chi connectivity index (χ0v) is 16.8. The molecule has 0 aliphatic carbocycles. The molecule has 3 aromatic rings. The van der Waals surface area contributed by atoms with E-state index in [1.54, 1.807) is 24.3 Å². The van der Waals surface area contributed by atoms with Crippen molar-refractivity contribution < 1.29 is 17.6 Å². The molecule has 2 aromatic carbocycles. The molecule has 3 N–H and O–H groups in total. The number of halogens is 1. The number of hydrogen-bond donors (Lipinski definition) is 3. The van der Waals surface area contributed by atoms with Crippen molar-refractivity contribution in [3.63, 3.8) is 0 Å². The fraction of sp³-hybridized carbons (Fsp3) is 0.200. The lowest BCUT2D eigenvalue weighted by molar-refractivity contribution is 0.102. The van der Waals surface area contributed by atoms with Gasteiger partial charge in [0.15, 0.2) is 5.69 Å². The Bertz CT molecular complexity index is 1110. The molecule has 1 aromatic heterocycles. The molecule has 0 radical (unpaired) electrons. The Morgan fingerprint density at radius 1 is 1.10 bits per heavy atom. The monoisotopic (exact) mass is 416 g/mol. The summed E-state index contributed by atoms with van der Waals surface area (Å²) in [6.07, 6.45) is 0.758. The molecule has 0 fully saturated rings. The van der Waals surface area contributed by atoms with Crippen LogP contribution in [0.4, 0.5) is 15.8 Å². The molecule has 3 rings (SSSR count). The predicted octanol–water partition coefficient (Wildman–Crippen LogP) is 3.80. The number of hydrogen-bond acceptors (Lipinski definition) is 4. The molecule has 7 nitrogen and oxygen atoms in total. The Morgan fingerprint density at radius 2 is 1.76 bits per heavy atom. The lowest BCUT2D eigenvalue weighted by Gasteiger charge is -2.13. The van der Waals surface area contributed by atoms with Crippen LogP contribution in [0.2, 0.25) is 0 Å². The molecule has 0 bridgehead atoms. The van der Waals surface area contributed by atoms with Crippen molar-refractivity contribution in [2.24, 2.45) is 5.92 Å². The van der Waals surface area contributed by atoms with E-state index in [9.17, 15) is 17.6 Å². The Labute approximate surface area is 168 Å². The molecule has 0 spiro atoms. The average Bonchev–Trinajstić information content (AvgIpc) is 3.11. The summed E-state index contributed by atoms with van der Waals surface area (Å²) >= 11 is 0. The van der Waals surface area contributed by atoms with E-state index < -0.39 is 21.7 Å². The Kier molecular flexibility index (Phi) is 5.97. The van der Waals surface area contributed by atoms with Crippen molar-refractivity contribution in [2.45, 2.75) is 25.2 Å². The Balaban J connectivity index is 1.79. The normalized spacial score (nSPS) is 11.4. The quantitative estimate of drug-likeness (QED) is 0.545. The number of aromatic amines is 1. The SMILES string of the molecule is CC(C)Cc1cc(C(=O)Nc2ccccc2NS(=O)(=O)c2ccc(F)cc2)n[nH]1. The minimum atomic E-state index is -3.95. The van der Waals surface area contributed by atoms with Gasteiger partial charge in [-0.3, -0.25) is 14.6 Å². The van der Waals surface area contributed by atoms with Gasteiger partial charge in [0, 0.05) is 5.69 Å². The lowest BCUT2D eigenvalue weighted by atomic mass is 10.1. The van der Waals surface area contributed by atoms with Gasteiger partial charge in [-0.05, 0) is 54.8 Å². The Hall–Kier alpha value is -3.20. The maximum absolute atomic E-state index is 13.1. The third kappa shape index (κ3) is 5.20. The van der Waals surface area contributed by atoms with Crippen molar-refractivity contribution in [1.82, 2.24) is 10.2 Å². The maximum atomic E-state index is 13.1. The van der Waals surface area contributed by atoms with Gasteiger partial charge in [0.2, 0.25) is 0 Å². The number of amides is 1. The maximum Gasteiger partial charge on any atom is 0.276 e. The number of carbonyl (C=O) groups excluding carboxylic acids is 1. The molecule has 0 aliphatic heterocycles. The number of rotatable bonds is 7. The van der Waals surface area contributed by atoms with Gasteiger partial charge >= 0.3 is 0 Å². The first-order chi connectivity index (χ1) is 13.7. The number of aromatic nitrogens is 2. The fourth-order valence-electron chi connectivity index (χ4n) is 2.71. The van der Waals surface area contributed by atoms with E-state index in [0.29, 0.717) is 5.92 Å². The van der Waals surface area contributed by atoms with Gasteiger partial charge in [0.1, 0.15) is 5.82 Å². The molecule has 1 amide bonds. The van der Waals surface area contributed by atoms with Crippen LogP contribution >= 0.6 is 0 Å². The van der Waals surface area contributed by atoms with Crippen LogP contribution < -0.4 is 10.0 Å². The largest absolute Gasteiger partial charge is 0.319 e. The van der Waals surface area contributed by atoms with Crippen LogP contribution in [-0.2, 0) is 16.4 Å². The van der Waals surface area contributed by atoms with Crippen LogP contribution in [0, 0.1) is 11.7 Å². The molecule has 29 heavy (non-hydrogen) atoms. The minimum Gasteiger partial charge on any atom is -0.319 e. The van der Waals surface area contributed by atoms with E-state index in [1.165, 1.54) is 18.2 Å². The Morgan fingerprint density at radius 3 is 2.41 bits per heavy atom. The first-order valence-electron chi connectivity index (χ1n) is 8.97. The van der Waals surface area contributed by atoms with Crippen LogP contribution in [0.1, 0.15) is 30.0 Å². The number of H-pyrrole nitrogens is 1. The summed E-state index contributed by atoms with van der Waals surface area (Å²) in [6, 6.07) is 12.5. The van der Waals surface area contributed by atoms with E-state index in [4.69, 9.17) is 0 Å². The highest BCUT2D eigenvalue weighted by Gasteiger charge is 2.18. The summed E-state index contributed by atoms with van der Waals surface area (Å²) in [5.74, 6) is -0.593. The first-order valence-corrected chi connectivity index (χ1v) is 10.5. The van der Waals surface area contributed by atoms with Gasteiger partial charge in [0.05, 0.1) is 16.3 Å². The summed E-state index contributed by atoms with van der Waals surface area (Å²) in [7, 11) is -3.95. The topological polar surface area (TPSA) is 104 Å². The average molecular weight is 416 g/mol. The second-order valence-electron chi connectivity index (χ2n) is 6.94. The summed E-state index contributed by atoms with van der Waals surface area (Å²) in [6.45, 7) is 4.12. The van der Waals surface area contributed by atoms with Crippen LogP contribution in [-0.4, -0.2) is 24.5 Å². The molecule has 9 heteroatoms. The highest BCUT2D eigenvalue weighted by molar-refractivity contribution is 7.92. The van der Waals surface area contributed by atoms with E-state index in [-0.39, 0.29) is 22.0 Å². The van der Waals surface area contributed by atoms with Gasteiger partial charge in [-0.2, -0.15) is 5.10 Å². The molecule has 0 atom stereocenters. The number of anilines is 2. The third-order valence-electron chi connectivity index (χ3n) is 4.04. The van der Waals surface area contributed by atoms with Crippen LogP contribution in [0.15, 0.2) is 59.5 Å². The molecular formula is C20H21FN4O3S. The molecular weight excluding hydrogens is 395 g/mol. The number of sulfonamides is 1. The standard InChI is InChI=1S/C20H21FN4O3S/c1-13(2)11-15-12-19(24-23-15)20(26)22-17-5-3-4-6-18(17)25-29(27,28)16-9-7-14(21)8-10-16/h3-10,12-13,25H,11H2,1-2H3,(H,22,26)(H,23,24). The second-order valence-corrected chi connectivity index (χ2v) is 8.62. The van der Waals surface area contributed by atoms with Crippen LogP contribution in [0.25, 0.3) is 0 Å². The molecule has 152 valence electrons. The van der Waals surface area contributed by atoms with Crippen molar-refractivity contribution >= 4 is 27.3 Å². The van der Waals surface area contributed by atoms with Gasteiger partial charge in [-0.1, -0.05) is 26.0 Å². The summed E-state index contributed by atoms with van der Waals surface area (Å²) in [5.41, 5.74) is 1.51. The lowest BCUT2D eigenvalue weighted by Crippen LogP contribution is -2.17. The summed E-state index contributed by atoms with van der Waals surface area (Å²) < 4.78 is 40.6. The number of benzene rings is 2. The molecule has 0 unspecified atom stereocenters. The second kappa shape index (κ2) is 8.44. The highest BCUT2D eigenvalue weighted by atomic mass is 32.2. The minimum absolute atomic E-state index is 0.0920. The zero-order valence-electron chi connectivity index (χ0n) is 15.9. The van der Waals surface area contributed by atoms with E-state index in [1.807, 2.05) is 0 Å². The fourth-order valence-corrected chi connectivity index (χ4v) is 3.79. The molecule has 0 saturated heterocycles. The van der Waals surface area contributed by atoms with Crippen molar-refractivity contribution in [3.05, 3.63) is 71.8 Å². The number of para-hydroxylation sites is 2. The molecule has 0 aliphatic rings. The van der Waals surface area contributed by atoms with Gasteiger partial charge in [-0.25, -0.2) is 12.8 Å². The number of nitrogens with zero attached hydrogens (tertiary/aromatic N) is 1. The van der Waals surface area contributed by atoms with Crippen molar-refractivity contribution in [2.75, 3.05) is 10.0 Å². The third-order valence-corrected chi connectivity index (χ3v) is 5.42. The van der Waals surface area contributed by atoms with Gasteiger partial charge in [-0.15, -0.1) is 0 Å². The van der Waals surface area contributed by atoms with Crippen LogP contribution in [0.5, 0.6) is 0 Å². The molecule has 0 saturated carbocycles. The number of nitrogens with one attached hydrogen (secondary N) is 3. The predicted molar refractivity (Wildman–Crippen MR) is 109 cm³/mol. The van der Waals surface area contributed by atoms with Crippen LogP contribution in [0.3, 0.4) is 0 Å². The summed E-state index contributed by atoms with van der Waals surface area (Å²) in [4.78, 5) is 12.4. The zero-order chi connectivity index (χ0) is 21.0. The van der Waals surface area contributed by atoms with E-state index >= 15 is 0 Å². The van der Waals surface area contributed by atoms with Gasteiger partial charge < -0.3 is 5.32 Å². The van der Waals surface area contributed by atoms with Gasteiger partial charge in [0.25, 0.3) is 15.9 Å².